The quantitative estimate of drug-likeness (QED) is 0.672. The standard InChI is InChI=1S/C18H27N3O.C6H7N/c1-12-10-15-11-17(20-16-6-8-19-9-7-16)4-5-18(15)21(13(12)2)14(3)22;7-6-4-2-1-3-5-6/h4-5,11-13,16,19-20H,6-10H2,1-3H3;1-5H,7H2/t12-,13+;/m1./s1. The van der Waals surface area contributed by atoms with E-state index in [-0.39, 0.29) is 11.9 Å². The Bertz CT molecular complexity index is 802. The lowest BCUT2D eigenvalue weighted by Gasteiger charge is -2.39. The smallest absolute Gasteiger partial charge is 0.224 e. The van der Waals surface area contributed by atoms with E-state index in [9.17, 15) is 4.79 Å². The van der Waals surface area contributed by atoms with Crippen molar-refractivity contribution in [2.75, 3.05) is 29.0 Å². The summed E-state index contributed by atoms with van der Waals surface area (Å²) in [5, 5.41) is 7.05. The van der Waals surface area contributed by atoms with E-state index in [1.54, 1.807) is 6.92 Å². The molecular weight excluding hydrogens is 360 g/mol. The van der Waals surface area contributed by atoms with Gasteiger partial charge in [-0.3, -0.25) is 4.79 Å². The molecule has 0 unspecified atom stereocenters. The molecule has 0 aromatic heterocycles. The van der Waals surface area contributed by atoms with Crippen LogP contribution in [0.4, 0.5) is 17.1 Å². The first-order chi connectivity index (χ1) is 14.0. The summed E-state index contributed by atoms with van der Waals surface area (Å²) in [5.74, 6) is 0.630. The molecule has 2 aliphatic rings. The second-order valence-corrected chi connectivity index (χ2v) is 8.23. The topological polar surface area (TPSA) is 70.4 Å². The number of hydrogen-bond acceptors (Lipinski definition) is 4. The van der Waals surface area contributed by atoms with Crippen LogP contribution in [0.15, 0.2) is 48.5 Å². The lowest BCUT2D eigenvalue weighted by atomic mass is 9.87. The van der Waals surface area contributed by atoms with Crippen LogP contribution in [0.1, 0.15) is 39.2 Å². The molecule has 156 valence electrons. The maximum absolute atomic E-state index is 12.0. The summed E-state index contributed by atoms with van der Waals surface area (Å²) in [6, 6.07) is 16.8. The molecule has 1 saturated heterocycles. The zero-order valence-electron chi connectivity index (χ0n) is 17.8. The summed E-state index contributed by atoms with van der Waals surface area (Å²) in [5.41, 5.74) is 9.75. The van der Waals surface area contributed by atoms with Crippen molar-refractivity contribution in [2.24, 2.45) is 5.92 Å². The zero-order valence-corrected chi connectivity index (χ0v) is 17.8. The maximum atomic E-state index is 12.0. The zero-order chi connectivity index (χ0) is 20.8. The molecule has 1 amide bonds. The Morgan fingerprint density at radius 2 is 1.79 bits per heavy atom. The van der Waals surface area contributed by atoms with Gasteiger partial charge in [0.25, 0.3) is 0 Å². The van der Waals surface area contributed by atoms with Crippen molar-refractivity contribution in [1.82, 2.24) is 5.32 Å². The number of nitrogens with two attached hydrogens (primary N) is 1. The van der Waals surface area contributed by atoms with Crippen LogP contribution in [-0.4, -0.2) is 31.1 Å². The Hall–Kier alpha value is -2.53. The number of nitrogen functional groups attached to an aromatic ring is 1. The number of anilines is 3. The fraction of sp³-hybridized carbons (Fsp3) is 0.458. The highest BCUT2D eigenvalue weighted by molar-refractivity contribution is 5.93. The van der Waals surface area contributed by atoms with E-state index in [4.69, 9.17) is 5.73 Å². The van der Waals surface area contributed by atoms with Crippen LogP contribution in [0.3, 0.4) is 0 Å². The van der Waals surface area contributed by atoms with Crippen LogP contribution < -0.4 is 21.3 Å². The number of piperidine rings is 1. The highest BCUT2D eigenvalue weighted by Crippen LogP contribution is 2.35. The van der Waals surface area contributed by atoms with Crippen molar-refractivity contribution < 1.29 is 4.79 Å². The van der Waals surface area contributed by atoms with E-state index in [0.29, 0.717) is 12.0 Å². The number of nitrogens with zero attached hydrogens (tertiary/aromatic N) is 1. The number of nitrogens with one attached hydrogen (secondary N) is 2. The first kappa shape index (κ1) is 21.2. The monoisotopic (exact) mass is 394 g/mol. The number of benzene rings is 2. The Balaban J connectivity index is 0.000000290. The average Bonchev–Trinajstić information content (AvgIpc) is 2.71. The Labute approximate surface area is 174 Å². The van der Waals surface area contributed by atoms with Crippen molar-refractivity contribution in [3.8, 4) is 0 Å². The van der Waals surface area contributed by atoms with E-state index in [0.717, 1.165) is 30.9 Å². The predicted octanol–water partition coefficient (Wildman–Crippen LogP) is 4.05. The summed E-state index contributed by atoms with van der Waals surface area (Å²) in [7, 11) is 0. The molecule has 5 nitrogen and oxygen atoms in total. The highest BCUT2D eigenvalue weighted by atomic mass is 16.2. The van der Waals surface area contributed by atoms with Crippen LogP contribution in [-0.2, 0) is 11.2 Å². The molecule has 0 aliphatic carbocycles. The SMILES string of the molecule is CC(=O)N1c2ccc(NC3CCNCC3)cc2C[C@@H](C)[C@@H]1C.Nc1ccccc1. The predicted molar refractivity (Wildman–Crippen MR) is 122 cm³/mol. The highest BCUT2D eigenvalue weighted by Gasteiger charge is 2.31. The number of carbonyl (C=O) groups excluding carboxylic acids is 1. The minimum absolute atomic E-state index is 0.138. The molecule has 0 radical (unpaired) electrons. The number of amides is 1. The van der Waals surface area contributed by atoms with Crippen LogP contribution in [0, 0.1) is 5.92 Å². The third-order valence-electron chi connectivity index (χ3n) is 5.96. The van der Waals surface area contributed by atoms with Gasteiger partial charge >= 0.3 is 0 Å². The number of carbonyl (C=O) groups is 1. The third-order valence-corrected chi connectivity index (χ3v) is 5.96. The molecule has 2 aliphatic heterocycles. The molecule has 2 aromatic rings. The maximum Gasteiger partial charge on any atom is 0.224 e. The van der Waals surface area contributed by atoms with Crippen molar-refractivity contribution >= 4 is 23.0 Å². The normalized spacial score (nSPS) is 21.6. The van der Waals surface area contributed by atoms with Gasteiger partial charge in [0, 0.05) is 36.1 Å². The third kappa shape index (κ3) is 5.51. The van der Waals surface area contributed by atoms with Crippen molar-refractivity contribution in [2.45, 2.75) is 52.1 Å². The second kappa shape index (κ2) is 9.79. The molecule has 2 atom stereocenters. The number of fused-ring (bicyclic) bond motifs is 1. The summed E-state index contributed by atoms with van der Waals surface area (Å²) in [6.45, 7) is 8.23. The van der Waals surface area contributed by atoms with Gasteiger partial charge in [-0.25, -0.2) is 0 Å². The number of hydrogen-bond donors (Lipinski definition) is 3. The van der Waals surface area contributed by atoms with Gasteiger partial charge in [-0.2, -0.15) is 0 Å². The van der Waals surface area contributed by atoms with Crippen LogP contribution in [0.2, 0.25) is 0 Å². The minimum atomic E-state index is 0.138. The second-order valence-electron chi connectivity index (χ2n) is 8.23. The molecule has 2 heterocycles. The van der Waals surface area contributed by atoms with E-state index in [1.807, 2.05) is 35.2 Å². The molecule has 5 heteroatoms. The lowest BCUT2D eigenvalue weighted by Crippen LogP contribution is -2.45. The molecule has 4 rings (SSSR count). The van der Waals surface area contributed by atoms with E-state index >= 15 is 0 Å². The Morgan fingerprint density at radius 1 is 1.10 bits per heavy atom. The van der Waals surface area contributed by atoms with Crippen molar-refractivity contribution in [3.05, 3.63) is 54.1 Å². The van der Waals surface area contributed by atoms with E-state index < -0.39 is 0 Å². The largest absolute Gasteiger partial charge is 0.399 e. The van der Waals surface area contributed by atoms with Crippen molar-refractivity contribution in [1.29, 1.82) is 0 Å². The molecule has 4 N–H and O–H groups in total. The minimum Gasteiger partial charge on any atom is -0.399 e. The lowest BCUT2D eigenvalue weighted by molar-refractivity contribution is -0.117. The molecular formula is C24H34N4O. The van der Waals surface area contributed by atoms with Gasteiger partial charge in [0.1, 0.15) is 0 Å². The van der Waals surface area contributed by atoms with Crippen LogP contribution in [0.25, 0.3) is 0 Å². The molecule has 1 fully saturated rings. The van der Waals surface area contributed by atoms with Gasteiger partial charge < -0.3 is 21.3 Å². The van der Waals surface area contributed by atoms with Crippen molar-refractivity contribution in [3.63, 3.8) is 0 Å². The van der Waals surface area contributed by atoms with Gasteiger partial charge in [-0.15, -0.1) is 0 Å². The first-order valence-electron chi connectivity index (χ1n) is 10.7. The number of rotatable bonds is 2. The molecule has 0 saturated carbocycles. The van der Waals surface area contributed by atoms with Gasteiger partial charge in [0.2, 0.25) is 5.91 Å². The molecule has 2 aromatic carbocycles. The Morgan fingerprint density at radius 3 is 2.38 bits per heavy atom. The van der Waals surface area contributed by atoms with Gasteiger partial charge in [-0.05, 0) is 81.1 Å². The summed E-state index contributed by atoms with van der Waals surface area (Å²) in [4.78, 5) is 14.0. The molecule has 29 heavy (non-hydrogen) atoms. The summed E-state index contributed by atoms with van der Waals surface area (Å²) in [6.07, 6.45) is 3.39. The fourth-order valence-corrected chi connectivity index (χ4v) is 4.18. The number of para-hydroxylation sites is 1. The van der Waals surface area contributed by atoms with E-state index in [2.05, 4.69) is 42.7 Å². The van der Waals surface area contributed by atoms with E-state index in [1.165, 1.54) is 24.1 Å². The van der Waals surface area contributed by atoms with Crippen LogP contribution >= 0.6 is 0 Å². The molecule has 0 spiro atoms. The summed E-state index contributed by atoms with van der Waals surface area (Å²) >= 11 is 0. The van der Waals surface area contributed by atoms with Gasteiger partial charge in [0.05, 0.1) is 0 Å². The average molecular weight is 395 g/mol. The Kier molecular flexibility index (Phi) is 7.15. The van der Waals surface area contributed by atoms with Gasteiger partial charge in [0.15, 0.2) is 0 Å². The summed E-state index contributed by atoms with van der Waals surface area (Å²) < 4.78 is 0. The van der Waals surface area contributed by atoms with Crippen LogP contribution in [0.5, 0.6) is 0 Å². The first-order valence-corrected chi connectivity index (χ1v) is 10.7. The fourth-order valence-electron chi connectivity index (χ4n) is 4.18. The molecule has 0 bridgehead atoms. The van der Waals surface area contributed by atoms with Gasteiger partial charge in [-0.1, -0.05) is 25.1 Å².